The van der Waals surface area contributed by atoms with E-state index in [9.17, 15) is 4.79 Å². The predicted octanol–water partition coefficient (Wildman–Crippen LogP) is 2.68. The number of rotatable bonds is 2. The summed E-state index contributed by atoms with van der Waals surface area (Å²) < 4.78 is 0. The zero-order chi connectivity index (χ0) is 15.1. The Morgan fingerprint density at radius 3 is 2.57 bits per heavy atom. The SMILES string of the molecule is CC1CCC(N(C)c2ccc3c(c2)N(C)C(=O)C3N)CC1. The van der Waals surface area contributed by atoms with E-state index in [-0.39, 0.29) is 5.91 Å². The number of nitrogens with two attached hydrogens (primary N) is 1. The Bertz CT molecular complexity index is 549. The number of fused-ring (bicyclic) bond motifs is 1. The maximum Gasteiger partial charge on any atom is 0.248 e. The number of likely N-dealkylation sites (N-methyl/N-ethyl adjacent to an activating group) is 1. The Labute approximate surface area is 126 Å². The highest BCUT2D eigenvalue weighted by atomic mass is 16.2. The first-order chi connectivity index (χ1) is 9.99. The molecule has 0 aromatic heterocycles. The summed E-state index contributed by atoms with van der Waals surface area (Å²) in [6.07, 6.45) is 5.12. The molecule has 0 saturated heterocycles. The second kappa shape index (κ2) is 5.34. The minimum Gasteiger partial charge on any atom is -0.372 e. The van der Waals surface area contributed by atoms with Gasteiger partial charge in [0.15, 0.2) is 0 Å². The van der Waals surface area contributed by atoms with Crippen molar-refractivity contribution in [1.82, 2.24) is 0 Å². The molecular weight excluding hydrogens is 262 g/mol. The van der Waals surface area contributed by atoms with Crippen LogP contribution in [0.4, 0.5) is 11.4 Å². The zero-order valence-corrected chi connectivity index (χ0v) is 13.2. The molecule has 1 aromatic rings. The largest absolute Gasteiger partial charge is 0.372 e. The van der Waals surface area contributed by atoms with Crippen LogP contribution in [0.1, 0.15) is 44.2 Å². The van der Waals surface area contributed by atoms with Gasteiger partial charge in [0.2, 0.25) is 5.91 Å². The van der Waals surface area contributed by atoms with Gasteiger partial charge in [0.25, 0.3) is 0 Å². The first-order valence-corrected chi connectivity index (χ1v) is 7.89. The molecule has 2 N–H and O–H groups in total. The Kier molecular flexibility index (Phi) is 3.66. The fraction of sp³-hybridized carbons (Fsp3) is 0.588. The average molecular weight is 287 g/mol. The Morgan fingerprint density at radius 1 is 1.24 bits per heavy atom. The number of carbonyl (C=O) groups excluding carboxylic acids is 1. The van der Waals surface area contributed by atoms with Crippen molar-refractivity contribution in [2.24, 2.45) is 11.7 Å². The molecule has 3 rings (SSSR count). The van der Waals surface area contributed by atoms with Crippen LogP contribution in [0, 0.1) is 5.92 Å². The van der Waals surface area contributed by atoms with Crippen LogP contribution in [0.25, 0.3) is 0 Å². The lowest BCUT2D eigenvalue weighted by Gasteiger charge is -2.35. The van der Waals surface area contributed by atoms with Crippen LogP contribution in [-0.4, -0.2) is 26.0 Å². The topological polar surface area (TPSA) is 49.6 Å². The van der Waals surface area contributed by atoms with Gasteiger partial charge in [-0.1, -0.05) is 13.0 Å². The molecule has 1 aliphatic carbocycles. The number of anilines is 2. The van der Waals surface area contributed by atoms with Gasteiger partial charge in [0.05, 0.1) is 5.69 Å². The lowest BCUT2D eigenvalue weighted by atomic mass is 9.86. The van der Waals surface area contributed by atoms with Gasteiger partial charge in [-0.25, -0.2) is 0 Å². The summed E-state index contributed by atoms with van der Waals surface area (Å²) in [5, 5.41) is 0. The minimum absolute atomic E-state index is 0.0173. The summed E-state index contributed by atoms with van der Waals surface area (Å²) in [6, 6.07) is 6.33. The van der Waals surface area contributed by atoms with E-state index < -0.39 is 6.04 Å². The average Bonchev–Trinajstić information content (AvgIpc) is 2.72. The maximum atomic E-state index is 12.0. The maximum absolute atomic E-state index is 12.0. The molecule has 0 bridgehead atoms. The van der Waals surface area contributed by atoms with E-state index in [2.05, 4.69) is 31.0 Å². The van der Waals surface area contributed by atoms with Gasteiger partial charge >= 0.3 is 0 Å². The number of hydrogen-bond acceptors (Lipinski definition) is 3. The molecule has 2 aliphatic rings. The van der Waals surface area contributed by atoms with Crippen LogP contribution < -0.4 is 15.5 Å². The third-order valence-electron chi connectivity index (χ3n) is 5.25. The molecule has 1 saturated carbocycles. The third kappa shape index (κ3) is 2.42. The molecule has 1 fully saturated rings. The van der Waals surface area contributed by atoms with Crippen molar-refractivity contribution in [3.05, 3.63) is 23.8 Å². The molecule has 1 aromatic carbocycles. The van der Waals surface area contributed by atoms with Crippen LogP contribution in [-0.2, 0) is 4.79 Å². The molecule has 0 spiro atoms. The highest BCUT2D eigenvalue weighted by Crippen LogP contribution is 2.37. The Balaban J connectivity index is 1.83. The number of hydrogen-bond donors (Lipinski definition) is 1. The fourth-order valence-corrected chi connectivity index (χ4v) is 3.61. The molecular formula is C17H25N3O. The summed E-state index contributed by atoms with van der Waals surface area (Å²) in [5.74, 6) is 0.840. The Hall–Kier alpha value is -1.55. The highest BCUT2D eigenvalue weighted by molar-refractivity contribution is 6.04. The fourth-order valence-electron chi connectivity index (χ4n) is 3.61. The number of amides is 1. The van der Waals surface area contributed by atoms with Gasteiger partial charge in [-0.2, -0.15) is 0 Å². The molecule has 4 nitrogen and oxygen atoms in total. The molecule has 21 heavy (non-hydrogen) atoms. The summed E-state index contributed by atoms with van der Waals surface area (Å²) in [7, 11) is 3.97. The van der Waals surface area contributed by atoms with Crippen LogP contribution in [0.3, 0.4) is 0 Å². The molecule has 1 amide bonds. The zero-order valence-electron chi connectivity index (χ0n) is 13.2. The van der Waals surface area contributed by atoms with Crippen molar-refractivity contribution < 1.29 is 4.79 Å². The number of benzene rings is 1. The van der Waals surface area contributed by atoms with E-state index in [0.29, 0.717) is 6.04 Å². The second-order valence-corrected chi connectivity index (χ2v) is 6.64. The molecule has 1 unspecified atom stereocenters. The van der Waals surface area contributed by atoms with Gasteiger partial charge in [-0.15, -0.1) is 0 Å². The van der Waals surface area contributed by atoms with Crippen molar-refractivity contribution in [3.63, 3.8) is 0 Å². The summed E-state index contributed by atoms with van der Waals surface area (Å²) in [6.45, 7) is 2.34. The Morgan fingerprint density at radius 2 is 1.90 bits per heavy atom. The van der Waals surface area contributed by atoms with Crippen LogP contribution in [0.2, 0.25) is 0 Å². The summed E-state index contributed by atoms with van der Waals surface area (Å²) in [4.78, 5) is 16.0. The monoisotopic (exact) mass is 287 g/mol. The van der Waals surface area contributed by atoms with E-state index in [1.807, 2.05) is 6.07 Å². The molecule has 4 heteroatoms. The lowest BCUT2D eigenvalue weighted by Crippen LogP contribution is -2.34. The van der Waals surface area contributed by atoms with Crippen molar-refractivity contribution in [1.29, 1.82) is 0 Å². The van der Waals surface area contributed by atoms with Crippen molar-refractivity contribution >= 4 is 17.3 Å². The minimum atomic E-state index is -0.500. The normalized spacial score (nSPS) is 28.7. The third-order valence-corrected chi connectivity index (χ3v) is 5.25. The second-order valence-electron chi connectivity index (χ2n) is 6.64. The predicted molar refractivity (Wildman–Crippen MR) is 86.6 cm³/mol. The molecule has 1 heterocycles. The van der Waals surface area contributed by atoms with Crippen LogP contribution in [0.5, 0.6) is 0 Å². The van der Waals surface area contributed by atoms with Crippen LogP contribution >= 0.6 is 0 Å². The summed E-state index contributed by atoms with van der Waals surface area (Å²) in [5.41, 5.74) is 9.04. The first-order valence-electron chi connectivity index (χ1n) is 7.89. The molecule has 1 atom stereocenters. The van der Waals surface area contributed by atoms with Gasteiger partial charge in [-0.05, 0) is 43.7 Å². The van der Waals surface area contributed by atoms with E-state index in [0.717, 1.165) is 17.2 Å². The first kappa shape index (κ1) is 14.4. The van der Waals surface area contributed by atoms with Crippen LogP contribution in [0.15, 0.2) is 18.2 Å². The van der Waals surface area contributed by atoms with Gasteiger partial charge in [0, 0.05) is 31.4 Å². The molecule has 114 valence electrons. The van der Waals surface area contributed by atoms with E-state index in [1.54, 1.807) is 11.9 Å². The van der Waals surface area contributed by atoms with E-state index >= 15 is 0 Å². The molecule has 1 aliphatic heterocycles. The van der Waals surface area contributed by atoms with Gasteiger partial charge in [-0.3, -0.25) is 4.79 Å². The van der Waals surface area contributed by atoms with Crippen molar-refractivity contribution in [2.45, 2.75) is 44.7 Å². The standard InChI is InChI=1S/C17H25N3O/c1-11-4-6-12(7-5-11)19(2)13-8-9-14-15(10-13)20(3)17(21)16(14)18/h8-12,16H,4-7,18H2,1-3H3. The quantitative estimate of drug-likeness (QED) is 0.910. The van der Waals surface area contributed by atoms with Gasteiger partial charge in [0.1, 0.15) is 6.04 Å². The summed E-state index contributed by atoms with van der Waals surface area (Å²) >= 11 is 0. The van der Waals surface area contributed by atoms with E-state index in [1.165, 1.54) is 31.4 Å². The highest BCUT2D eigenvalue weighted by Gasteiger charge is 2.33. The smallest absolute Gasteiger partial charge is 0.248 e. The van der Waals surface area contributed by atoms with Crippen molar-refractivity contribution in [2.75, 3.05) is 23.9 Å². The van der Waals surface area contributed by atoms with E-state index in [4.69, 9.17) is 5.73 Å². The van der Waals surface area contributed by atoms with Gasteiger partial charge < -0.3 is 15.5 Å². The number of carbonyl (C=O) groups is 1. The lowest BCUT2D eigenvalue weighted by molar-refractivity contribution is -0.118. The molecule has 0 radical (unpaired) electrons. The van der Waals surface area contributed by atoms with Crippen molar-refractivity contribution in [3.8, 4) is 0 Å². The number of nitrogens with zero attached hydrogens (tertiary/aromatic N) is 2.